The van der Waals surface area contributed by atoms with Crippen molar-refractivity contribution in [3.05, 3.63) is 41.4 Å². The summed E-state index contributed by atoms with van der Waals surface area (Å²) in [5.74, 6) is -2.06. The molecule has 3 amide bonds. The van der Waals surface area contributed by atoms with Crippen LogP contribution in [0.5, 0.6) is 0 Å². The number of nitrogens with zero attached hydrogens (tertiary/aromatic N) is 2. The molecule has 5 atom stereocenters. The first-order valence-corrected chi connectivity index (χ1v) is 14.5. The predicted octanol–water partition coefficient (Wildman–Crippen LogP) is 3.61. The van der Waals surface area contributed by atoms with Gasteiger partial charge in [0.25, 0.3) is 0 Å². The minimum Gasteiger partial charge on any atom is -0.359 e. The number of hydrogen-bond acceptors (Lipinski definition) is 5. The summed E-state index contributed by atoms with van der Waals surface area (Å²) in [6, 6.07) is 6.21. The summed E-state index contributed by atoms with van der Waals surface area (Å²) in [7, 11) is 0. The van der Waals surface area contributed by atoms with E-state index in [4.69, 9.17) is 16.3 Å². The van der Waals surface area contributed by atoms with Gasteiger partial charge < -0.3 is 25.2 Å². The van der Waals surface area contributed by atoms with E-state index >= 15 is 0 Å². The van der Waals surface area contributed by atoms with Crippen LogP contribution in [0.3, 0.4) is 0 Å². The number of likely N-dealkylation sites (tertiary alicyclic amines) is 1. The summed E-state index contributed by atoms with van der Waals surface area (Å²) >= 11 is 6.00. The Labute approximate surface area is 230 Å². The van der Waals surface area contributed by atoms with Crippen molar-refractivity contribution in [2.24, 2.45) is 11.8 Å². The van der Waals surface area contributed by atoms with Gasteiger partial charge in [0.05, 0.1) is 17.9 Å². The van der Waals surface area contributed by atoms with Gasteiger partial charge in [-0.25, -0.2) is 0 Å². The van der Waals surface area contributed by atoms with Gasteiger partial charge in [0.2, 0.25) is 17.7 Å². The van der Waals surface area contributed by atoms with Crippen LogP contribution in [0.25, 0.3) is 0 Å². The highest BCUT2D eigenvalue weighted by Crippen LogP contribution is 2.55. The van der Waals surface area contributed by atoms with Crippen molar-refractivity contribution in [2.75, 3.05) is 31.5 Å². The predicted molar refractivity (Wildman–Crippen MR) is 147 cm³/mol. The second-order valence-electron chi connectivity index (χ2n) is 11.0. The highest BCUT2D eigenvalue weighted by molar-refractivity contribution is 6.30. The topological polar surface area (TPSA) is 91.0 Å². The fraction of sp³-hybridized carbons (Fsp3) is 0.621. The molecule has 206 valence electrons. The lowest BCUT2D eigenvalue weighted by Gasteiger charge is -2.34. The van der Waals surface area contributed by atoms with E-state index in [0.29, 0.717) is 17.3 Å². The third-order valence-electron chi connectivity index (χ3n) is 8.76. The monoisotopic (exact) mass is 542 g/mol. The van der Waals surface area contributed by atoms with Crippen molar-refractivity contribution in [3.63, 3.8) is 0 Å². The van der Waals surface area contributed by atoms with Crippen LogP contribution in [0.1, 0.15) is 52.4 Å². The SMILES string of the molecule is CCN(CC)CCCN1C(=O)[C@H]2C(C(=O)Nc3ccc(Cl)cc3)[C@H]3C=CC2(O3)C1C(=O)NC1CCCCC1. The maximum absolute atomic E-state index is 14.0. The molecule has 1 aliphatic carbocycles. The number of amides is 3. The molecule has 3 heterocycles. The molecule has 2 N–H and O–H groups in total. The summed E-state index contributed by atoms with van der Waals surface area (Å²) in [4.78, 5) is 45.4. The van der Waals surface area contributed by atoms with Gasteiger partial charge in [-0.1, -0.05) is 56.9 Å². The Kier molecular flexibility index (Phi) is 8.12. The van der Waals surface area contributed by atoms with Gasteiger partial charge >= 0.3 is 0 Å². The molecule has 1 spiro atoms. The van der Waals surface area contributed by atoms with E-state index in [1.165, 1.54) is 6.42 Å². The summed E-state index contributed by atoms with van der Waals surface area (Å²) in [6.07, 6.45) is 9.24. The Balaban J connectivity index is 1.39. The average Bonchev–Trinajstić information content (AvgIpc) is 3.56. The van der Waals surface area contributed by atoms with Gasteiger partial charge in [0, 0.05) is 23.3 Å². The smallest absolute Gasteiger partial charge is 0.246 e. The molecule has 4 aliphatic rings. The number of nitrogens with one attached hydrogen (secondary N) is 2. The standard InChI is InChI=1S/C29H39ClN4O4/c1-3-33(4-2)17-8-18-34-25(27(36)32-20-9-6-5-7-10-20)29-16-15-22(38-29)23(24(29)28(34)37)26(35)31-21-13-11-19(30)12-14-21/h11-16,20,22-25H,3-10,17-18H2,1-2H3,(H,31,35)(H,32,36)/t22-,23?,24-,25?,29?/m1/s1. The Morgan fingerprint density at radius 2 is 1.82 bits per heavy atom. The molecule has 3 fully saturated rings. The van der Waals surface area contributed by atoms with Gasteiger partial charge in [0.15, 0.2) is 0 Å². The fourth-order valence-electron chi connectivity index (χ4n) is 6.80. The maximum Gasteiger partial charge on any atom is 0.246 e. The molecule has 9 heteroatoms. The first kappa shape index (κ1) is 27.2. The number of hydrogen-bond donors (Lipinski definition) is 2. The zero-order chi connectivity index (χ0) is 26.9. The first-order chi connectivity index (χ1) is 18.4. The van der Waals surface area contributed by atoms with E-state index < -0.39 is 29.6 Å². The molecule has 0 aromatic heterocycles. The maximum atomic E-state index is 14.0. The highest BCUT2D eigenvalue weighted by atomic mass is 35.5. The quantitative estimate of drug-likeness (QED) is 0.441. The van der Waals surface area contributed by atoms with Crippen LogP contribution in [0.2, 0.25) is 5.02 Å². The molecule has 1 aromatic rings. The highest BCUT2D eigenvalue weighted by Gasteiger charge is 2.72. The minimum atomic E-state index is -1.13. The van der Waals surface area contributed by atoms with Crippen molar-refractivity contribution in [3.8, 4) is 0 Å². The third-order valence-corrected chi connectivity index (χ3v) is 9.01. The van der Waals surface area contributed by atoms with Gasteiger partial charge in [-0.15, -0.1) is 0 Å². The van der Waals surface area contributed by atoms with Crippen molar-refractivity contribution >= 4 is 35.0 Å². The molecule has 38 heavy (non-hydrogen) atoms. The number of carbonyl (C=O) groups is 3. The minimum absolute atomic E-state index is 0.117. The average molecular weight is 543 g/mol. The normalized spacial score (nSPS) is 30.2. The van der Waals surface area contributed by atoms with E-state index in [0.717, 1.165) is 51.7 Å². The van der Waals surface area contributed by atoms with Gasteiger partial charge in [-0.2, -0.15) is 0 Å². The molecule has 8 nitrogen and oxygen atoms in total. The number of anilines is 1. The zero-order valence-electron chi connectivity index (χ0n) is 22.3. The molecule has 3 unspecified atom stereocenters. The van der Waals surface area contributed by atoms with Crippen LogP contribution in [-0.2, 0) is 19.1 Å². The van der Waals surface area contributed by atoms with E-state index in [1.807, 2.05) is 12.2 Å². The molecule has 2 saturated heterocycles. The lowest BCUT2D eigenvalue weighted by molar-refractivity contribution is -0.141. The van der Waals surface area contributed by atoms with E-state index in [-0.39, 0.29) is 23.8 Å². The van der Waals surface area contributed by atoms with Crippen LogP contribution in [-0.4, -0.2) is 77.5 Å². The fourth-order valence-corrected chi connectivity index (χ4v) is 6.92. The number of carbonyl (C=O) groups excluding carboxylic acids is 3. The number of fused-ring (bicyclic) bond motifs is 1. The molecule has 3 aliphatic heterocycles. The molecule has 0 radical (unpaired) electrons. The number of ether oxygens (including phenoxy) is 1. The van der Waals surface area contributed by atoms with Crippen LogP contribution >= 0.6 is 11.6 Å². The number of halogens is 1. The molecule has 1 saturated carbocycles. The largest absolute Gasteiger partial charge is 0.359 e. The number of benzene rings is 1. The van der Waals surface area contributed by atoms with Crippen LogP contribution < -0.4 is 10.6 Å². The first-order valence-electron chi connectivity index (χ1n) is 14.1. The molecule has 2 bridgehead atoms. The lowest BCUT2D eigenvalue weighted by Crippen LogP contribution is -2.56. The number of rotatable bonds is 10. The van der Waals surface area contributed by atoms with Crippen molar-refractivity contribution in [2.45, 2.75) is 76.2 Å². The van der Waals surface area contributed by atoms with Crippen LogP contribution in [0.15, 0.2) is 36.4 Å². The molecule has 1 aromatic carbocycles. The molecule has 5 rings (SSSR count). The summed E-state index contributed by atoms with van der Waals surface area (Å²) < 4.78 is 6.44. The molecular formula is C29H39ClN4O4. The third kappa shape index (κ3) is 4.98. The van der Waals surface area contributed by atoms with Gasteiger partial charge in [0.1, 0.15) is 11.6 Å². The Bertz CT molecular complexity index is 1070. The van der Waals surface area contributed by atoms with Crippen molar-refractivity contribution < 1.29 is 19.1 Å². The van der Waals surface area contributed by atoms with Gasteiger partial charge in [-0.05, 0) is 63.2 Å². The Hall–Kier alpha value is -2.42. The van der Waals surface area contributed by atoms with Crippen LogP contribution in [0.4, 0.5) is 5.69 Å². The second kappa shape index (κ2) is 11.4. The Morgan fingerprint density at radius 1 is 1.11 bits per heavy atom. The van der Waals surface area contributed by atoms with Crippen molar-refractivity contribution in [1.29, 1.82) is 0 Å². The Morgan fingerprint density at radius 3 is 2.50 bits per heavy atom. The zero-order valence-corrected chi connectivity index (χ0v) is 23.1. The van der Waals surface area contributed by atoms with E-state index in [9.17, 15) is 14.4 Å². The second-order valence-corrected chi connectivity index (χ2v) is 11.4. The summed E-state index contributed by atoms with van der Waals surface area (Å²) in [5, 5.41) is 6.75. The van der Waals surface area contributed by atoms with Gasteiger partial charge in [-0.3, -0.25) is 14.4 Å². The van der Waals surface area contributed by atoms with Crippen molar-refractivity contribution in [1.82, 2.24) is 15.1 Å². The molecular weight excluding hydrogens is 504 g/mol. The summed E-state index contributed by atoms with van der Waals surface area (Å²) in [5.41, 5.74) is -0.522. The lowest BCUT2D eigenvalue weighted by atomic mass is 9.74. The summed E-state index contributed by atoms with van der Waals surface area (Å²) in [6.45, 7) is 7.39. The van der Waals surface area contributed by atoms with E-state index in [1.54, 1.807) is 29.2 Å². The van der Waals surface area contributed by atoms with Crippen LogP contribution in [0, 0.1) is 11.8 Å². The van der Waals surface area contributed by atoms with E-state index in [2.05, 4.69) is 29.4 Å².